The van der Waals surface area contributed by atoms with E-state index in [1.165, 1.54) is 0 Å². The maximum Gasteiger partial charge on any atom is 0.256 e. The third-order valence-electron chi connectivity index (χ3n) is 4.19. The molecule has 1 aliphatic heterocycles. The van der Waals surface area contributed by atoms with Crippen molar-refractivity contribution in [2.24, 2.45) is 0 Å². The molecule has 0 fully saturated rings. The summed E-state index contributed by atoms with van der Waals surface area (Å²) in [5.74, 6) is -0.829. The molecule has 8 heteroatoms. The molecule has 1 aromatic heterocycles. The number of rotatable bonds is 7. The molecule has 0 atom stereocenters. The predicted molar refractivity (Wildman–Crippen MR) is 101 cm³/mol. The first-order valence-electron chi connectivity index (χ1n) is 8.60. The molecule has 0 spiro atoms. The minimum atomic E-state index is -0.465. The molecule has 1 aliphatic rings. The number of nitrogens with one attached hydrogen (secondary N) is 4. The standard InChI is InChI=1S/C19H20N4O4/c24-17(5-1-2-6-18(25)23-27)21-13-7-8-16-14(11-13)15(19(26)22-16)10-12-4-3-9-20-12/h3-4,7-11,20,27H,1-2,5-6H2,(H,21,24)(H,22,26)(H,23,25). The Hall–Kier alpha value is -3.39. The molecular formula is C19H20N4O4. The number of carbonyl (C=O) groups excluding carboxylic acids is 3. The molecule has 0 unspecified atom stereocenters. The van der Waals surface area contributed by atoms with E-state index in [9.17, 15) is 14.4 Å². The first kappa shape index (κ1) is 18.4. The Labute approximate surface area is 155 Å². The summed E-state index contributed by atoms with van der Waals surface area (Å²) >= 11 is 0. The number of hydroxylamine groups is 1. The van der Waals surface area contributed by atoms with Crippen LogP contribution in [0.4, 0.5) is 11.4 Å². The molecule has 0 aliphatic carbocycles. The zero-order chi connectivity index (χ0) is 19.2. The minimum Gasteiger partial charge on any atom is -0.362 e. The van der Waals surface area contributed by atoms with E-state index in [2.05, 4.69) is 15.6 Å². The number of benzene rings is 1. The normalized spacial score (nSPS) is 14.0. The second-order valence-corrected chi connectivity index (χ2v) is 6.19. The van der Waals surface area contributed by atoms with Crippen LogP contribution in [0.15, 0.2) is 36.5 Å². The molecule has 2 heterocycles. The van der Waals surface area contributed by atoms with Crippen LogP contribution in [0.25, 0.3) is 11.6 Å². The Kier molecular flexibility index (Phi) is 5.68. The van der Waals surface area contributed by atoms with Crippen LogP contribution in [0.5, 0.6) is 0 Å². The highest BCUT2D eigenvalue weighted by Gasteiger charge is 2.24. The van der Waals surface area contributed by atoms with Gasteiger partial charge in [0.05, 0.1) is 5.57 Å². The van der Waals surface area contributed by atoms with Gasteiger partial charge < -0.3 is 15.6 Å². The van der Waals surface area contributed by atoms with E-state index in [0.29, 0.717) is 29.8 Å². The lowest BCUT2D eigenvalue weighted by molar-refractivity contribution is -0.129. The fourth-order valence-electron chi connectivity index (χ4n) is 2.85. The number of amides is 3. The maximum atomic E-state index is 12.2. The molecule has 8 nitrogen and oxygen atoms in total. The molecule has 0 saturated carbocycles. The van der Waals surface area contributed by atoms with Crippen LogP contribution in [0.1, 0.15) is 36.9 Å². The lowest BCUT2D eigenvalue weighted by Crippen LogP contribution is -2.18. The van der Waals surface area contributed by atoms with Crippen molar-refractivity contribution in [1.29, 1.82) is 0 Å². The highest BCUT2D eigenvalue weighted by Crippen LogP contribution is 2.34. The lowest BCUT2D eigenvalue weighted by atomic mass is 10.0. The molecule has 5 N–H and O–H groups in total. The van der Waals surface area contributed by atoms with Crippen LogP contribution in [-0.2, 0) is 14.4 Å². The van der Waals surface area contributed by atoms with E-state index in [1.54, 1.807) is 36.0 Å². The smallest absolute Gasteiger partial charge is 0.256 e. The highest BCUT2D eigenvalue weighted by atomic mass is 16.5. The van der Waals surface area contributed by atoms with E-state index in [-0.39, 0.29) is 24.7 Å². The Morgan fingerprint density at radius 2 is 1.89 bits per heavy atom. The monoisotopic (exact) mass is 368 g/mol. The summed E-state index contributed by atoms with van der Waals surface area (Å²) < 4.78 is 0. The Morgan fingerprint density at radius 3 is 2.59 bits per heavy atom. The van der Waals surface area contributed by atoms with Gasteiger partial charge >= 0.3 is 0 Å². The summed E-state index contributed by atoms with van der Waals surface area (Å²) in [5.41, 5.74) is 4.93. The summed E-state index contributed by atoms with van der Waals surface area (Å²) in [4.78, 5) is 38.2. The molecule has 0 radical (unpaired) electrons. The average Bonchev–Trinajstić information content (AvgIpc) is 3.27. The van der Waals surface area contributed by atoms with Crippen LogP contribution >= 0.6 is 0 Å². The molecule has 2 aromatic rings. The van der Waals surface area contributed by atoms with Crippen LogP contribution in [-0.4, -0.2) is 27.9 Å². The van der Waals surface area contributed by atoms with Crippen molar-refractivity contribution in [2.45, 2.75) is 25.7 Å². The number of fused-ring (bicyclic) bond motifs is 1. The van der Waals surface area contributed by atoms with Crippen LogP contribution in [0.2, 0.25) is 0 Å². The van der Waals surface area contributed by atoms with E-state index in [1.807, 2.05) is 12.1 Å². The summed E-state index contributed by atoms with van der Waals surface area (Å²) in [5, 5.41) is 14.0. The number of hydrogen-bond acceptors (Lipinski definition) is 4. The van der Waals surface area contributed by atoms with Gasteiger partial charge in [0.25, 0.3) is 5.91 Å². The summed E-state index contributed by atoms with van der Waals surface area (Å²) in [7, 11) is 0. The number of aromatic nitrogens is 1. The molecule has 3 amide bonds. The van der Waals surface area contributed by atoms with Crippen molar-refractivity contribution in [3.8, 4) is 0 Å². The van der Waals surface area contributed by atoms with Crippen LogP contribution < -0.4 is 16.1 Å². The van der Waals surface area contributed by atoms with Gasteiger partial charge in [0.15, 0.2) is 0 Å². The fourth-order valence-corrected chi connectivity index (χ4v) is 2.85. The molecule has 0 bridgehead atoms. The van der Waals surface area contributed by atoms with Crippen molar-refractivity contribution < 1.29 is 19.6 Å². The van der Waals surface area contributed by atoms with Crippen molar-refractivity contribution in [1.82, 2.24) is 10.5 Å². The summed E-state index contributed by atoms with van der Waals surface area (Å²) in [6.45, 7) is 0. The second-order valence-electron chi connectivity index (χ2n) is 6.19. The van der Waals surface area contributed by atoms with Crippen molar-refractivity contribution in [3.63, 3.8) is 0 Å². The quantitative estimate of drug-likeness (QED) is 0.223. The topological polar surface area (TPSA) is 123 Å². The Bertz CT molecular complexity index is 887. The first-order chi connectivity index (χ1) is 13.1. The van der Waals surface area contributed by atoms with Gasteiger partial charge in [-0.2, -0.15) is 0 Å². The lowest BCUT2D eigenvalue weighted by Gasteiger charge is -2.07. The molecule has 0 saturated heterocycles. The Balaban J connectivity index is 1.64. The maximum absolute atomic E-state index is 12.2. The van der Waals surface area contributed by atoms with Crippen molar-refractivity contribution >= 4 is 40.7 Å². The van der Waals surface area contributed by atoms with E-state index in [4.69, 9.17) is 5.21 Å². The average molecular weight is 368 g/mol. The van der Waals surface area contributed by atoms with Gasteiger partial charge in [-0.1, -0.05) is 0 Å². The molecular weight excluding hydrogens is 348 g/mol. The van der Waals surface area contributed by atoms with Crippen LogP contribution in [0, 0.1) is 0 Å². The zero-order valence-electron chi connectivity index (χ0n) is 14.5. The van der Waals surface area contributed by atoms with E-state index < -0.39 is 5.91 Å². The van der Waals surface area contributed by atoms with Gasteiger partial charge in [0.1, 0.15) is 0 Å². The summed E-state index contributed by atoms with van der Waals surface area (Å²) in [6.07, 6.45) is 5.01. The number of H-pyrrole nitrogens is 1. The first-order valence-corrected chi connectivity index (χ1v) is 8.60. The van der Waals surface area contributed by atoms with Gasteiger partial charge in [0, 0.05) is 41.7 Å². The van der Waals surface area contributed by atoms with E-state index in [0.717, 1.165) is 11.3 Å². The largest absolute Gasteiger partial charge is 0.362 e. The highest BCUT2D eigenvalue weighted by molar-refractivity contribution is 6.35. The van der Waals surface area contributed by atoms with E-state index >= 15 is 0 Å². The molecule has 27 heavy (non-hydrogen) atoms. The number of anilines is 2. The van der Waals surface area contributed by atoms with Gasteiger partial charge in [-0.05, 0) is 49.2 Å². The van der Waals surface area contributed by atoms with Gasteiger partial charge in [-0.25, -0.2) is 5.48 Å². The number of unbranched alkanes of at least 4 members (excludes halogenated alkanes) is 1. The summed E-state index contributed by atoms with van der Waals surface area (Å²) in [6, 6.07) is 8.96. The zero-order valence-corrected chi connectivity index (χ0v) is 14.5. The van der Waals surface area contributed by atoms with Crippen LogP contribution in [0.3, 0.4) is 0 Å². The predicted octanol–water partition coefficient (Wildman–Crippen LogP) is 2.51. The molecule has 3 rings (SSSR count). The number of hydrogen-bond donors (Lipinski definition) is 5. The minimum absolute atomic E-state index is 0.170. The second kappa shape index (κ2) is 8.33. The SMILES string of the molecule is O=C(CCCCC(=O)Nc1ccc2c(c1)C(=Cc1ccc[nH]1)C(=O)N2)NO. The van der Waals surface area contributed by atoms with Crippen molar-refractivity contribution in [2.75, 3.05) is 10.6 Å². The van der Waals surface area contributed by atoms with Gasteiger partial charge in [-0.3, -0.25) is 19.6 Å². The van der Waals surface area contributed by atoms with Gasteiger partial charge in [-0.15, -0.1) is 0 Å². The fraction of sp³-hybridized carbons (Fsp3) is 0.211. The van der Waals surface area contributed by atoms with Crippen molar-refractivity contribution in [3.05, 3.63) is 47.8 Å². The third-order valence-corrected chi connectivity index (χ3v) is 4.19. The molecule has 1 aromatic carbocycles. The number of aromatic amines is 1. The number of carbonyl (C=O) groups is 3. The molecule has 140 valence electrons. The Morgan fingerprint density at radius 1 is 1.11 bits per heavy atom. The van der Waals surface area contributed by atoms with Gasteiger partial charge in [0.2, 0.25) is 11.8 Å². The third kappa shape index (κ3) is 4.62.